The Labute approximate surface area is 170 Å². The molecule has 0 radical (unpaired) electrons. The summed E-state index contributed by atoms with van der Waals surface area (Å²) in [5, 5.41) is 0. The van der Waals surface area contributed by atoms with Crippen LogP contribution >= 0.6 is 0 Å². The second-order valence-corrected chi connectivity index (χ2v) is 7.33. The molecule has 0 aromatic heterocycles. The molecule has 158 valence electrons. The average Bonchev–Trinajstić information content (AvgIpc) is 3.01. The Kier molecular flexibility index (Phi) is 6.89. The minimum absolute atomic E-state index is 0.0825. The maximum absolute atomic E-state index is 13.1. The third-order valence-corrected chi connectivity index (χ3v) is 4.19. The van der Waals surface area contributed by atoms with Crippen LogP contribution in [-0.4, -0.2) is 55.4 Å². The van der Waals surface area contributed by atoms with Gasteiger partial charge in [0.15, 0.2) is 6.04 Å². The van der Waals surface area contributed by atoms with E-state index in [-0.39, 0.29) is 17.9 Å². The Balaban J connectivity index is 2.73. The average molecular weight is 405 g/mol. The van der Waals surface area contributed by atoms with Gasteiger partial charge < -0.3 is 18.9 Å². The van der Waals surface area contributed by atoms with Crippen molar-refractivity contribution in [2.45, 2.75) is 45.4 Å². The predicted octanol–water partition coefficient (Wildman–Crippen LogP) is 2.98. The van der Waals surface area contributed by atoms with Gasteiger partial charge in [0.2, 0.25) is 0 Å². The van der Waals surface area contributed by atoms with Gasteiger partial charge in [0.1, 0.15) is 23.0 Å². The van der Waals surface area contributed by atoms with Gasteiger partial charge in [0.25, 0.3) is 0 Å². The lowest BCUT2D eigenvalue weighted by atomic mass is 10.0. The van der Waals surface area contributed by atoms with Crippen molar-refractivity contribution in [2.75, 3.05) is 20.8 Å². The van der Waals surface area contributed by atoms with Crippen molar-refractivity contribution in [1.29, 1.82) is 0 Å². The number of hydrogen-bond acceptors (Lipinski definition) is 7. The standard InChI is InChI=1S/C21H27NO7/c1-7-28-17-14(18(23)26-5)16(19(24)27-6)22(20(25)29-21(2,3)4)15(17)13-11-9-8-10-12-13/h8-12,15-16H,7H2,1-6H3/t15-,16+/m0/s1. The van der Waals surface area contributed by atoms with Crippen LogP contribution in [0.5, 0.6) is 0 Å². The van der Waals surface area contributed by atoms with Crippen LogP contribution in [0.2, 0.25) is 0 Å². The summed E-state index contributed by atoms with van der Waals surface area (Å²) in [6.45, 7) is 7.10. The second kappa shape index (κ2) is 8.98. The number of carbonyl (C=O) groups excluding carboxylic acids is 3. The third kappa shape index (κ3) is 4.70. The molecule has 1 aromatic rings. The Morgan fingerprint density at radius 1 is 1.03 bits per heavy atom. The molecule has 0 aliphatic carbocycles. The number of esters is 2. The Morgan fingerprint density at radius 3 is 2.14 bits per heavy atom. The van der Waals surface area contributed by atoms with E-state index in [2.05, 4.69) is 0 Å². The molecule has 1 aromatic carbocycles. The fraction of sp³-hybridized carbons (Fsp3) is 0.476. The fourth-order valence-corrected chi connectivity index (χ4v) is 3.15. The van der Waals surface area contributed by atoms with Gasteiger partial charge in [0.05, 0.1) is 20.8 Å². The summed E-state index contributed by atoms with van der Waals surface area (Å²) in [6, 6.07) is 6.72. The molecule has 0 saturated heterocycles. The van der Waals surface area contributed by atoms with E-state index < -0.39 is 35.7 Å². The van der Waals surface area contributed by atoms with Crippen molar-refractivity contribution in [2.24, 2.45) is 0 Å². The number of amides is 1. The van der Waals surface area contributed by atoms with Crippen LogP contribution in [0.4, 0.5) is 4.79 Å². The molecule has 0 fully saturated rings. The van der Waals surface area contributed by atoms with Gasteiger partial charge in [-0.1, -0.05) is 30.3 Å². The van der Waals surface area contributed by atoms with E-state index in [1.54, 1.807) is 52.0 Å². The lowest BCUT2D eigenvalue weighted by Gasteiger charge is -2.32. The number of ether oxygens (including phenoxy) is 4. The summed E-state index contributed by atoms with van der Waals surface area (Å²) in [7, 11) is 2.38. The molecule has 2 rings (SSSR count). The molecular weight excluding hydrogens is 378 g/mol. The molecule has 0 spiro atoms. The second-order valence-electron chi connectivity index (χ2n) is 7.33. The first-order chi connectivity index (χ1) is 13.7. The zero-order valence-electron chi connectivity index (χ0n) is 17.6. The maximum Gasteiger partial charge on any atom is 0.412 e. The number of benzene rings is 1. The van der Waals surface area contributed by atoms with Gasteiger partial charge in [-0.3, -0.25) is 4.90 Å². The summed E-state index contributed by atoms with van der Waals surface area (Å²) < 4.78 is 21.1. The molecular formula is C21H27NO7. The van der Waals surface area contributed by atoms with Gasteiger partial charge >= 0.3 is 18.0 Å². The highest BCUT2D eigenvalue weighted by Crippen LogP contribution is 2.43. The van der Waals surface area contributed by atoms with E-state index in [0.29, 0.717) is 5.56 Å². The van der Waals surface area contributed by atoms with Crippen LogP contribution in [-0.2, 0) is 28.5 Å². The van der Waals surface area contributed by atoms with Crippen LogP contribution in [0.3, 0.4) is 0 Å². The van der Waals surface area contributed by atoms with Gasteiger partial charge in [-0.05, 0) is 33.3 Å². The Hall–Kier alpha value is -3.03. The highest BCUT2D eigenvalue weighted by Gasteiger charge is 2.53. The Morgan fingerprint density at radius 2 is 1.66 bits per heavy atom. The molecule has 1 heterocycles. The SMILES string of the molecule is CCOC1=C(C(=O)OC)[C@H](C(=O)OC)N(C(=O)OC(C)(C)C)[C@H]1c1ccccc1. The van der Waals surface area contributed by atoms with Crippen LogP contribution < -0.4 is 0 Å². The molecule has 1 amide bonds. The number of nitrogens with zero attached hydrogens (tertiary/aromatic N) is 1. The summed E-state index contributed by atoms with van der Waals surface area (Å²) in [4.78, 5) is 39.6. The number of hydrogen-bond donors (Lipinski definition) is 0. The van der Waals surface area contributed by atoms with Crippen molar-refractivity contribution in [3.63, 3.8) is 0 Å². The molecule has 1 aliphatic heterocycles. The van der Waals surface area contributed by atoms with Crippen molar-refractivity contribution >= 4 is 18.0 Å². The monoisotopic (exact) mass is 405 g/mol. The van der Waals surface area contributed by atoms with Gasteiger partial charge in [0, 0.05) is 0 Å². The molecule has 29 heavy (non-hydrogen) atoms. The lowest BCUT2D eigenvalue weighted by molar-refractivity contribution is -0.148. The van der Waals surface area contributed by atoms with Crippen LogP contribution in [0, 0.1) is 0 Å². The molecule has 0 unspecified atom stereocenters. The zero-order valence-corrected chi connectivity index (χ0v) is 17.6. The molecule has 8 nitrogen and oxygen atoms in total. The fourth-order valence-electron chi connectivity index (χ4n) is 3.15. The van der Waals surface area contributed by atoms with Crippen molar-refractivity contribution in [1.82, 2.24) is 4.90 Å². The predicted molar refractivity (Wildman–Crippen MR) is 104 cm³/mol. The van der Waals surface area contributed by atoms with Crippen molar-refractivity contribution in [3.05, 3.63) is 47.2 Å². The first-order valence-corrected chi connectivity index (χ1v) is 9.25. The summed E-state index contributed by atoms with van der Waals surface area (Å²) in [6.07, 6.45) is -0.780. The number of carbonyl (C=O) groups is 3. The minimum Gasteiger partial charge on any atom is -0.495 e. The first kappa shape index (κ1) is 22.3. The zero-order chi connectivity index (χ0) is 21.8. The van der Waals surface area contributed by atoms with Crippen LogP contribution in [0.15, 0.2) is 41.7 Å². The largest absolute Gasteiger partial charge is 0.495 e. The Bertz CT molecular complexity index is 795. The first-order valence-electron chi connectivity index (χ1n) is 9.25. The number of methoxy groups -OCH3 is 2. The molecule has 8 heteroatoms. The van der Waals surface area contributed by atoms with E-state index in [0.717, 1.165) is 0 Å². The minimum atomic E-state index is -1.37. The van der Waals surface area contributed by atoms with Crippen molar-refractivity contribution in [3.8, 4) is 0 Å². The summed E-state index contributed by atoms with van der Waals surface area (Å²) in [5.74, 6) is -1.42. The topological polar surface area (TPSA) is 91.4 Å². The summed E-state index contributed by atoms with van der Waals surface area (Å²) in [5.41, 5.74) is -0.255. The van der Waals surface area contributed by atoms with Crippen molar-refractivity contribution < 1.29 is 33.3 Å². The molecule has 0 N–H and O–H groups in total. The van der Waals surface area contributed by atoms with E-state index >= 15 is 0 Å². The third-order valence-electron chi connectivity index (χ3n) is 4.19. The van der Waals surface area contributed by atoms with Gasteiger partial charge in [-0.25, -0.2) is 14.4 Å². The lowest BCUT2D eigenvalue weighted by Crippen LogP contribution is -2.47. The molecule has 2 atom stereocenters. The molecule has 1 aliphatic rings. The maximum atomic E-state index is 13.1. The highest BCUT2D eigenvalue weighted by molar-refractivity contribution is 6.01. The quantitative estimate of drug-likeness (QED) is 0.549. The highest BCUT2D eigenvalue weighted by atomic mass is 16.6. The van der Waals surface area contributed by atoms with Crippen LogP contribution in [0.1, 0.15) is 39.3 Å². The van der Waals surface area contributed by atoms with Gasteiger partial charge in [-0.15, -0.1) is 0 Å². The van der Waals surface area contributed by atoms with Gasteiger partial charge in [-0.2, -0.15) is 0 Å². The normalized spacial score (nSPS) is 19.0. The van der Waals surface area contributed by atoms with E-state index in [9.17, 15) is 14.4 Å². The van der Waals surface area contributed by atoms with Crippen LogP contribution in [0.25, 0.3) is 0 Å². The smallest absolute Gasteiger partial charge is 0.412 e. The summed E-state index contributed by atoms with van der Waals surface area (Å²) >= 11 is 0. The van der Waals surface area contributed by atoms with E-state index in [1.165, 1.54) is 19.1 Å². The van der Waals surface area contributed by atoms with E-state index in [4.69, 9.17) is 18.9 Å². The van der Waals surface area contributed by atoms with E-state index in [1.807, 2.05) is 6.07 Å². The molecule has 0 bridgehead atoms. The molecule has 0 saturated carbocycles. The number of rotatable bonds is 5.